The predicted molar refractivity (Wildman–Crippen MR) is 170 cm³/mol. The lowest BCUT2D eigenvalue weighted by Crippen LogP contribution is -2.31. The van der Waals surface area contributed by atoms with E-state index < -0.39 is 0 Å². The number of nitriles is 2. The lowest BCUT2D eigenvalue weighted by Gasteiger charge is -2.35. The molecule has 0 radical (unpaired) electrons. The number of benzene rings is 1. The van der Waals surface area contributed by atoms with Gasteiger partial charge in [-0.25, -0.2) is 0 Å². The lowest BCUT2D eigenvalue weighted by atomic mass is 9.81. The van der Waals surface area contributed by atoms with Crippen molar-refractivity contribution in [3.05, 3.63) is 140 Å². The van der Waals surface area contributed by atoms with Gasteiger partial charge in [0, 0.05) is 38.3 Å². The normalized spacial score (nSPS) is 21.8. The van der Waals surface area contributed by atoms with E-state index in [0.29, 0.717) is 23.0 Å². The fraction of sp³-hybridized carbons (Fsp3) is 0.222. The van der Waals surface area contributed by atoms with Crippen LogP contribution in [-0.2, 0) is 10.2 Å². The van der Waals surface area contributed by atoms with Crippen LogP contribution in [0, 0.1) is 28.6 Å². The third-order valence-corrected chi connectivity index (χ3v) is 9.29. The van der Waals surface area contributed by atoms with Crippen molar-refractivity contribution in [2.24, 2.45) is 5.92 Å². The molecule has 0 saturated carbocycles. The van der Waals surface area contributed by atoms with Gasteiger partial charge in [-0.2, -0.15) is 10.5 Å². The highest BCUT2D eigenvalue weighted by molar-refractivity contribution is 7.13. The van der Waals surface area contributed by atoms with E-state index >= 15 is 0 Å². The fourth-order valence-corrected chi connectivity index (χ4v) is 7.35. The number of hydrogen-bond acceptors (Lipinski definition) is 6. The molecule has 1 N–H and O–H groups in total. The van der Waals surface area contributed by atoms with E-state index in [4.69, 9.17) is 4.74 Å². The molecule has 0 saturated heterocycles. The number of nitrogens with zero attached hydrogens (tertiary/aromatic N) is 3. The summed E-state index contributed by atoms with van der Waals surface area (Å²) in [6, 6.07) is 16.9. The minimum absolute atomic E-state index is 0.0760. The van der Waals surface area contributed by atoms with Gasteiger partial charge in [-0.15, -0.1) is 11.3 Å². The average molecular weight is 569 g/mol. The van der Waals surface area contributed by atoms with Crippen molar-refractivity contribution in [2.45, 2.75) is 45.6 Å². The van der Waals surface area contributed by atoms with Crippen LogP contribution in [0.5, 0.6) is 0 Å². The summed E-state index contributed by atoms with van der Waals surface area (Å²) < 4.78 is 5.85. The molecule has 1 aromatic carbocycles. The highest BCUT2D eigenvalue weighted by Crippen LogP contribution is 2.54. The van der Waals surface area contributed by atoms with Crippen molar-refractivity contribution in [3.63, 3.8) is 0 Å². The first-order chi connectivity index (χ1) is 20.3. The molecule has 0 spiro atoms. The Morgan fingerprint density at radius 2 is 1.90 bits per heavy atom. The molecule has 208 valence electrons. The average Bonchev–Trinajstić information content (AvgIpc) is 3.50. The van der Waals surface area contributed by atoms with Gasteiger partial charge in [0.05, 0.1) is 11.7 Å². The van der Waals surface area contributed by atoms with Crippen LogP contribution in [-0.4, -0.2) is 0 Å². The summed E-state index contributed by atoms with van der Waals surface area (Å²) in [4.78, 5) is 4.84. The molecule has 0 fully saturated rings. The lowest BCUT2D eigenvalue weighted by molar-refractivity contribution is 0.318. The van der Waals surface area contributed by atoms with Crippen molar-refractivity contribution < 1.29 is 4.74 Å². The van der Waals surface area contributed by atoms with E-state index in [2.05, 4.69) is 97.9 Å². The molecule has 6 rings (SSSR count). The smallest absolute Gasteiger partial charge is 0.137 e. The Kier molecular flexibility index (Phi) is 7.11. The SMILES string of the molecule is CC1=CC(=C(C#N)C#N)C=C(/C=C/c2cc3c(s2)C2NC=C(N(C4=CC=CC(C)C4)c4ccccc4)C=C2C3(C)C)O1. The minimum Gasteiger partial charge on any atom is -0.462 e. The zero-order chi connectivity index (χ0) is 29.4. The first-order valence-electron chi connectivity index (χ1n) is 14.1. The third kappa shape index (κ3) is 4.96. The molecule has 0 bridgehead atoms. The highest BCUT2D eigenvalue weighted by Gasteiger charge is 2.44. The van der Waals surface area contributed by atoms with Crippen molar-refractivity contribution in [1.29, 1.82) is 10.5 Å². The van der Waals surface area contributed by atoms with Crippen LogP contribution >= 0.6 is 11.3 Å². The van der Waals surface area contributed by atoms with Gasteiger partial charge in [-0.1, -0.05) is 51.1 Å². The summed E-state index contributed by atoms with van der Waals surface area (Å²) in [6.45, 7) is 8.70. The number of anilines is 1. The Morgan fingerprint density at radius 3 is 2.64 bits per heavy atom. The summed E-state index contributed by atoms with van der Waals surface area (Å²) in [7, 11) is 0. The van der Waals surface area contributed by atoms with Crippen LogP contribution in [0.4, 0.5) is 5.69 Å². The number of thiophene rings is 1. The van der Waals surface area contributed by atoms with Crippen LogP contribution < -0.4 is 10.2 Å². The molecule has 2 atom stereocenters. The van der Waals surface area contributed by atoms with E-state index in [1.54, 1.807) is 23.5 Å². The molecular formula is C36H32N4OS. The monoisotopic (exact) mass is 568 g/mol. The number of allylic oxidation sites excluding steroid dienone is 11. The van der Waals surface area contributed by atoms with Crippen LogP contribution in [0.1, 0.15) is 55.5 Å². The van der Waals surface area contributed by atoms with Gasteiger partial charge in [0.15, 0.2) is 0 Å². The molecule has 1 aromatic heterocycles. The number of fused-ring (bicyclic) bond motifs is 3. The van der Waals surface area contributed by atoms with Gasteiger partial charge in [0.1, 0.15) is 29.2 Å². The summed E-state index contributed by atoms with van der Waals surface area (Å²) in [5, 5.41) is 22.3. The molecule has 42 heavy (non-hydrogen) atoms. The summed E-state index contributed by atoms with van der Waals surface area (Å²) in [6.07, 6.45) is 19.6. The Labute approximate surface area is 251 Å². The summed E-state index contributed by atoms with van der Waals surface area (Å²) in [5.41, 5.74) is 6.79. The van der Waals surface area contributed by atoms with Gasteiger partial charge < -0.3 is 15.0 Å². The van der Waals surface area contributed by atoms with E-state index in [1.165, 1.54) is 21.7 Å². The molecule has 5 nitrogen and oxygen atoms in total. The largest absolute Gasteiger partial charge is 0.462 e. The molecule has 2 aliphatic carbocycles. The maximum atomic E-state index is 9.28. The van der Waals surface area contributed by atoms with Crippen molar-refractivity contribution in [3.8, 4) is 12.1 Å². The minimum atomic E-state index is -0.143. The second kappa shape index (κ2) is 10.9. The van der Waals surface area contributed by atoms with E-state index in [-0.39, 0.29) is 17.0 Å². The zero-order valence-electron chi connectivity index (χ0n) is 24.2. The summed E-state index contributed by atoms with van der Waals surface area (Å²) in [5.74, 6) is 1.74. The van der Waals surface area contributed by atoms with E-state index in [1.807, 2.05) is 31.2 Å². The van der Waals surface area contributed by atoms with Crippen molar-refractivity contribution >= 4 is 23.1 Å². The maximum Gasteiger partial charge on any atom is 0.137 e. The van der Waals surface area contributed by atoms with Crippen molar-refractivity contribution in [1.82, 2.24) is 5.32 Å². The summed E-state index contributed by atoms with van der Waals surface area (Å²) >= 11 is 1.78. The van der Waals surface area contributed by atoms with Crippen LogP contribution in [0.25, 0.3) is 6.08 Å². The number of rotatable bonds is 5. The number of para-hydroxylation sites is 1. The van der Waals surface area contributed by atoms with Crippen LogP contribution in [0.2, 0.25) is 0 Å². The first-order valence-corrected chi connectivity index (χ1v) is 15.0. The number of nitrogens with one attached hydrogen (secondary N) is 1. The van der Waals surface area contributed by atoms with Gasteiger partial charge in [-0.05, 0) is 85.1 Å². The second-order valence-electron chi connectivity index (χ2n) is 11.5. The Balaban J connectivity index is 1.30. The molecular weight excluding hydrogens is 536 g/mol. The molecule has 0 amide bonds. The molecule has 6 heteroatoms. The van der Waals surface area contributed by atoms with Gasteiger partial charge in [-0.3, -0.25) is 0 Å². The molecule has 2 aromatic rings. The van der Waals surface area contributed by atoms with Gasteiger partial charge >= 0.3 is 0 Å². The molecule has 2 unspecified atom stereocenters. The van der Waals surface area contributed by atoms with E-state index in [0.717, 1.165) is 22.7 Å². The zero-order valence-corrected chi connectivity index (χ0v) is 25.0. The third-order valence-electron chi connectivity index (χ3n) is 8.13. The molecule has 3 heterocycles. The number of dihydropyridines is 1. The van der Waals surface area contributed by atoms with Gasteiger partial charge in [0.25, 0.3) is 0 Å². The molecule has 2 aliphatic heterocycles. The van der Waals surface area contributed by atoms with E-state index in [9.17, 15) is 10.5 Å². The number of hydrogen-bond donors (Lipinski definition) is 1. The molecule has 4 aliphatic rings. The predicted octanol–water partition coefficient (Wildman–Crippen LogP) is 8.61. The fourth-order valence-electron chi connectivity index (χ4n) is 6.04. The Bertz CT molecular complexity index is 1760. The first kappa shape index (κ1) is 27.4. The standard InChI is InChI=1S/C36H32N4OS/c1-23-9-8-12-28(15-23)40(27-10-6-5-7-11-27)29-18-32-34(39-22-29)35-33(36(32,3)4)19-31(42-35)14-13-30-17-25(16-24(2)41-30)26(20-37)21-38/h5-14,16-19,22-23,34,39H,15H2,1-4H3/b14-13+. The Morgan fingerprint density at radius 1 is 1.12 bits per heavy atom. The Hall–Kier alpha value is -4.78. The quantitative estimate of drug-likeness (QED) is 0.366. The van der Waals surface area contributed by atoms with Crippen LogP contribution in [0.15, 0.2) is 125 Å². The maximum absolute atomic E-state index is 9.28. The van der Waals surface area contributed by atoms with Gasteiger partial charge in [0.2, 0.25) is 0 Å². The topological polar surface area (TPSA) is 72.1 Å². The number of ether oxygens (including phenoxy) is 1. The highest BCUT2D eigenvalue weighted by atomic mass is 32.1. The van der Waals surface area contributed by atoms with Crippen molar-refractivity contribution in [2.75, 3.05) is 4.90 Å². The van der Waals surface area contributed by atoms with Crippen LogP contribution in [0.3, 0.4) is 0 Å². The second-order valence-corrected chi connectivity index (χ2v) is 12.6.